The highest BCUT2D eigenvalue weighted by molar-refractivity contribution is 5.38. The zero-order valence-electron chi connectivity index (χ0n) is 12.4. The molecule has 112 valence electrons. The van der Waals surface area contributed by atoms with Crippen LogP contribution in [0.2, 0.25) is 0 Å². The molecule has 1 aliphatic carbocycles. The van der Waals surface area contributed by atoms with Crippen molar-refractivity contribution in [3.05, 3.63) is 65.0 Å². The molecule has 0 aliphatic heterocycles. The van der Waals surface area contributed by atoms with Gasteiger partial charge in [-0.25, -0.2) is 4.39 Å². The summed E-state index contributed by atoms with van der Waals surface area (Å²) in [5.74, 6) is 0.207. The molecular weight excluding hydrogens is 277 g/mol. The van der Waals surface area contributed by atoms with E-state index < -0.39 is 0 Å². The van der Waals surface area contributed by atoms with E-state index in [1.54, 1.807) is 12.1 Å². The summed E-state index contributed by atoms with van der Waals surface area (Å²) in [5.41, 5.74) is 3.50. The van der Waals surface area contributed by atoms with Gasteiger partial charge in [0.15, 0.2) is 0 Å². The molecule has 0 saturated carbocycles. The van der Waals surface area contributed by atoms with Gasteiger partial charge in [-0.1, -0.05) is 18.2 Å². The standard InChI is InChI=1S/C19H18FNO/c20-18-6-2-5-15(11-18)17(13-21)9-10-22-19-8-7-14-3-1-4-16(14)12-19/h2,5-8,11-12,17H,1,3-4,9-10H2. The van der Waals surface area contributed by atoms with Crippen LogP contribution >= 0.6 is 0 Å². The maximum atomic E-state index is 13.2. The number of halogens is 1. The first-order chi connectivity index (χ1) is 10.8. The van der Waals surface area contributed by atoms with Gasteiger partial charge in [0.05, 0.1) is 18.6 Å². The first kappa shape index (κ1) is 14.6. The lowest BCUT2D eigenvalue weighted by Crippen LogP contribution is -2.05. The van der Waals surface area contributed by atoms with Gasteiger partial charge in [-0.2, -0.15) is 5.26 Å². The van der Waals surface area contributed by atoms with Crippen molar-refractivity contribution in [3.63, 3.8) is 0 Å². The molecule has 0 spiro atoms. The molecule has 0 fully saturated rings. The largest absolute Gasteiger partial charge is 0.494 e. The Hall–Kier alpha value is -2.34. The topological polar surface area (TPSA) is 33.0 Å². The minimum Gasteiger partial charge on any atom is -0.494 e. The third-order valence-corrected chi connectivity index (χ3v) is 4.15. The monoisotopic (exact) mass is 295 g/mol. The Labute approximate surface area is 130 Å². The van der Waals surface area contributed by atoms with E-state index in [9.17, 15) is 9.65 Å². The minimum atomic E-state index is -0.342. The van der Waals surface area contributed by atoms with Crippen LogP contribution in [0.4, 0.5) is 4.39 Å². The van der Waals surface area contributed by atoms with Gasteiger partial charge >= 0.3 is 0 Å². The van der Waals surface area contributed by atoms with Gasteiger partial charge in [0.1, 0.15) is 11.6 Å². The van der Waals surface area contributed by atoms with E-state index in [2.05, 4.69) is 18.2 Å². The quantitative estimate of drug-likeness (QED) is 0.819. The molecule has 2 nitrogen and oxygen atoms in total. The van der Waals surface area contributed by atoms with Crippen LogP contribution in [0.25, 0.3) is 0 Å². The van der Waals surface area contributed by atoms with Crippen LogP contribution in [-0.2, 0) is 12.8 Å². The normalized spacial score (nSPS) is 14.2. The number of hydrogen-bond donors (Lipinski definition) is 0. The summed E-state index contributed by atoms with van der Waals surface area (Å²) in [6.07, 6.45) is 4.05. The van der Waals surface area contributed by atoms with Crippen LogP contribution in [-0.4, -0.2) is 6.61 Å². The van der Waals surface area contributed by atoms with Gasteiger partial charge < -0.3 is 4.74 Å². The molecule has 22 heavy (non-hydrogen) atoms. The van der Waals surface area contributed by atoms with Crippen molar-refractivity contribution < 1.29 is 9.13 Å². The van der Waals surface area contributed by atoms with Gasteiger partial charge in [0.25, 0.3) is 0 Å². The van der Waals surface area contributed by atoms with Gasteiger partial charge in [-0.05, 0) is 60.2 Å². The van der Waals surface area contributed by atoms with E-state index >= 15 is 0 Å². The summed E-state index contributed by atoms with van der Waals surface area (Å²) in [5, 5.41) is 9.27. The van der Waals surface area contributed by atoms with Gasteiger partial charge in [0, 0.05) is 6.42 Å². The Kier molecular flexibility index (Phi) is 4.39. The number of nitriles is 1. The number of hydrogen-bond acceptors (Lipinski definition) is 2. The number of ether oxygens (including phenoxy) is 1. The van der Waals surface area contributed by atoms with Crippen molar-refractivity contribution in [3.8, 4) is 11.8 Å². The predicted molar refractivity (Wildman–Crippen MR) is 83.3 cm³/mol. The van der Waals surface area contributed by atoms with E-state index in [1.807, 2.05) is 6.07 Å². The second-order valence-corrected chi connectivity index (χ2v) is 5.66. The summed E-state index contributed by atoms with van der Waals surface area (Å²) < 4.78 is 19.0. The molecule has 0 N–H and O–H groups in total. The van der Waals surface area contributed by atoms with Crippen LogP contribution in [0, 0.1) is 17.1 Å². The van der Waals surface area contributed by atoms with E-state index in [0.29, 0.717) is 18.6 Å². The zero-order chi connectivity index (χ0) is 15.4. The third kappa shape index (κ3) is 3.28. The first-order valence-corrected chi connectivity index (χ1v) is 7.66. The fourth-order valence-electron chi connectivity index (χ4n) is 2.96. The Morgan fingerprint density at radius 1 is 1.14 bits per heavy atom. The van der Waals surface area contributed by atoms with Gasteiger partial charge in [-0.3, -0.25) is 0 Å². The maximum absolute atomic E-state index is 13.2. The summed E-state index contributed by atoms with van der Waals surface area (Å²) >= 11 is 0. The summed E-state index contributed by atoms with van der Waals surface area (Å²) in [6, 6.07) is 14.7. The molecule has 1 unspecified atom stereocenters. The highest BCUT2D eigenvalue weighted by Crippen LogP contribution is 2.26. The third-order valence-electron chi connectivity index (χ3n) is 4.15. The molecule has 2 aromatic carbocycles. The second kappa shape index (κ2) is 6.62. The summed E-state index contributed by atoms with van der Waals surface area (Å²) in [7, 11) is 0. The Morgan fingerprint density at radius 3 is 2.82 bits per heavy atom. The molecule has 1 aliphatic rings. The molecule has 0 saturated heterocycles. The van der Waals surface area contributed by atoms with Gasteiger partial charge in [-0.15, -0.1) is 0 Å². The average Bonchev–Trinajstić information content (AvgIpc) is 2.99. The molecule has 2 aromatic rings. The SMILES string of the molecule is N#CC(CCOc1ccc2c(c1)CCC2)c1cccc(F)c1. The van der Waals surface area contributed by atoms with E-state index in [-0.39, 0.29) is 11.7 Å². The van der Waals surface area contributed by atoms with Crippen molar-refractivity contribution >= 4 is 0 Å². The van der Waals surface area contributed by atoms with Crippen LogP contribution in [0.3, 0.4) is 0 Å². The molecule has 0 bridgehead atoms. The fraction of sp³-hybridized carbons (Fsp3) is 0.316. The van der Waals surface area contributed by atoms with Crippen molar-refractivity contribution in [1.29, 1.82) is 5.26 Å². The number of fused-ring (bicyclic) bond motifs is 1. The lowest BCUT2D eigenvalue weighted by Gasteiger charge is -2.12. The maximum Gasteiger partial charge on any atom is 0.123 e. The molecular formula is C19H18FNO. The number of benzene rings is 2. The molecule has 3 heteroatoms. The Balaban J connectivity index is 1.59. The molecule has 0 heterocycles. The van der Waals surface area contributed by atoms with Crippen molar-refractivity contribution in [2.24, 2.45) is 0 Å². The van der Waals surface area contributed by atoms with E-state index in [4.69, 9.17) is 4.74 Å². The van der Waals surface area contributed by atoms with Crippen LogP contribution in [0.15, 0.2) is 42.5 Å². The van der Waals surface area contributed by atoms with Crippen molar-refractivity contribution in [2.45, 2.75) is 31.6 Å². The Bertz CT molecular complexity index is 705. The fourth-order valence-corrected chi connectivity index (χ4v) is 2.96. The summed E-state index contributed by atoms with van der Waals surface area (Å²) in [4.78, 5) is 0. The number of aryl methyl sites for hydroxylation is 2. The summed E-state index contributed by atoms with van der Waals surface area (Å²) in [6.45, 7) is 0.452. The zero-order valence-corrected chi connectivity index (χ0v) is 12.4. The lowest BCUT2D eigenvalue weighted by atomic mass is 9.97. The molecule has 0 aromatic heterocycles. The van der Waals surface area contributed by atoms with E-state index in [1.165, 1.54) is 29.7 Å². The van der Waals surface area contributed by atoms with Crippen LogP contribution in [0.5, 0.6) is 5.75 Å². The van der Waals surface area contributed by atoms with Crippen LogP contribution < -0.4 is 4.74 Å². The lowest BCUT2D eigenvalue weighted by molar-refractivity contribution is 0.305. The number of nitrogens with zero attached hydrogens (tertiary/aromatic N) is 1. The van der Waals surface area contributed by atoms with Gasteiger partial charge in [0.2, 0.25) is 0 Å². The smallest absolute Gasteiger partial charge is 0.123 e. The van der Waals surface area contributed by atoms with Crippen molar-refractivity contribution in [1.82, 2.24) is 0 Å². The highest BCUT2D eigenvalue weighted by atomic mass is 19.1. The second-order valence-electron chi connectivity index (χ2n) is 5.66. The van der Waals surface area contributed by atoms with E-state index in [0.717, 1.165) is 18.6 Å². The average molecular weight is 295 g/mol. The predicted octanol–water partition coefficient (Wildman–Crippen LogP) is 4.39. The molecule has 0 radical (unpaired) electrons. The molecule has 3 rings (SSSR count). The Morgan fingerprint density at radius 2 is 2.00 bits per heavy atom. The van der Waals surface area contributed by atoms with Crippen LogP contribution in [0.1, 0.15) is 35.4 Å². The minimum absolute atomic E-state index is 0.308. The number of rotatable bonds is 5. The highest BCUT2D eigenvalue weighted by Gasteiger charge is 2.13. The molecule has 0 amide bonds. The van der Waals surface area contributed by atoms with Crippen molar-refractivity contribution in [2.75, 3.05) is 6.61 Å². The molecule has 1 atom stereocenters. The first-order valence-electron chi connectivity index (χ1n) is 7.66.